The maximum Gasteiger partial charge on any atom is 0.272 e. The molecule has 0 aromatic heterocycles. The summed E-state index contributed by atoms with van der Waals surface area (Å²) >= 11 is 0. The van der Waals surface area contributed by atoms with Crippen molar-refractivity contribution < 1.29 is 14.1 Å². The standard InChI is InChI=1S/C11H11FN2O3/c12-8-5-7(14(15)16)1-2-9(8)13-6-11-10(13)3-4-17-11/h1-2,5,10-11H,3-4,6H2. The van der Waals surface area contributed by atoms with Gasteiger partial charge in [-0.15, -0.1) is 0 Å². The van der Waals surface area contributed by atoms with Crippen molar-refractivity contribution in [1.82, 2.24) is 0 Å². The monoisotopic (exact) mass is 238 g/mol. The minimum Gasteiger partial charge on any atom is -0.374 e. The van der Waals surface area contributed by atoms with E-state index in [1.54, 1.807) is 0 Å². The van der Waals surface area contributed by atoms with Gasteiger partial charge < -0.3 is 9.64 Å². The number of nitro benzene ring substituents is 1. The lowest BCUT2D eigenvalue weighted by molar-refractivity contribution is -0.385. The molecule has 5 nitrogen and oxygen atoms in total. The molecular weight excluding hydrogens is 227 g/mol. The molecule has 90 valence electrons. The van der Waals surface area contributed by atoms with Crippen LogP contribution in [-0.4, -0.2) is 30.2 Å². The predicted molar refractivity (Wildman–Crippen MR) is 58.5 cm³/mol. The number of hydrogen-bond donors (Lipinski definition) is 0. The molecule has 2 fully saturated rings. The molecule has 2 aliphatic heterocycles. The second-order valence-electron chi connectivity index (χ2n) is 4.31. The number of benzene rings is 1. The van der Waals surface area contributed by atoms with Crippen molar-refractivity contribution in [3.05, 3.63) is 34.1 Å². The van der Waals surface area contributed by atoms with Gasteiger partial charge in [-0.25, -0.2) is 4.39 Å². The van der Waals surface area contributed by atoms with Crippen LogP contribution in [0.3, 0.4) is 0 Å². The van der Waals surface area contributed by atoms with Crippen LogP contribution >= 0.6 is 0 Å². The van der Waals surface area contributed by atoms with Gasteiger partial charge in [-0.05, 0) is 12.5 Å². The Bertz CT molecular complexity index is 480. The van der Waals surface area contributed by atoms with Crippen LogP contribution in [0.15, 0.2) is 18.2 Å². The highest BCUT2D eigenvalue weighted by Crippen LogP contribution is 2.36. The first kappa shape index (κ1) is 10.5. The first-order valence-corrected chi connectivity index (χ1v) is 5.49. The molecule has 17 heavy (non-hydrogen) atoms. The molecule has 2 aliphatic rings. The molecule has 2 saturated heterocycles. The Labute approximate surface area is 96.9 Å². The van der Waals surface area contributed by atoms with Crippen LogP contribution in [0.5, 0.6) is 0 Å². The Morgan fingerprint density at radius 2 is 2.35 bits per heavy atom. The summed E-state index contributed by atoms with van der Waals surface area (Å²) in [5.41, 5.74) is 0.216. The molecule has 6 heteroatoms. The predicted octanol–water partition coefficient (Wildman–Crippen LogP) is 1.71. The summed E-state index contributed by atoms with van der Waals surface area (Å²) in [7, 11) is 0. The molecular formula is C11H11FN2O3. The normalized spacial score (nSPS) is 26.5. The van der Waals surface area contributed by atoms with Gasteiger partial charge in [0.1, 0.15) is 0 Å². The molecule has 0 amide bonds. The molecule has 2 unspecified atom stereocenters. The zero-order chi connectivity index (χ0) is 12.0. The van der Waals surface area contributed by atoms with Gasteiger partial charge in [-0.1, -0.05) is 0 Å². The largest absolute Gasteiger partial charge is 0.374 e. The Hall–Kier alpha value is -1.69. The van der Waals surface area contributed by atoms with E-state index in [0.29, 0.717) is 18.8 Å². The van der Waals surface area contributed by atoms with E-state index in [-0.39, 0.29) is 17.8 Å². The maximum atomic E-state index is 13.8. The Morgan fingerprint density at radius 1 is 1.53 bits per heavy atom. The SMILES string of the molecule is O=[N+]([O-])c1ccc(N2CC3OCCC32)c(F)c1. The molecule has 0 spiro atoms. The minimum atomic E-state index is -0.593. The number of anilines is 1. The number of ether oxygens (including phenoxy) is 1. The minimum absolute atomic E-state index is 0.199. The Balaban J connectivity index is 1.86. The first-order chi connectivity index (χ1) is 8.16. The molecule has 0 radical (unpaired) electrons. The lowest BCUT2D eigenvalue weighted by atomic mass is 9.97. The lowest BCUT2D eigenvalue weighted by Crippen LogP contribution is -2.58. The second-order valence-corrected chi connectivity index (χ2v) is 4.31. The zero-order valence-electron chi connectivity index (χ0n) is 9.01. The highest BCUT2D eigenvalue weighted by Gasteiger charge is 2.44. The summed E-state index contributed by atoms with van der Waals surface area (Å²) in [5.74, 6) is -0.537. The van der Waals surface area contributed by atoms with Crippen LogP contribution in [-0.2, 0) is 4.74 Å². The molecule has 0 bridgehead atoms. The summed E-state index contributed by atoms with van der Waals surface area (Å²) in [5, 5.41) is 10.5. The number of nitrogens with zero attached hydrogens (tertiary/aromatic N) is 2. The van der Waals surface area contributed by atoms with Crippen LogP contribution in [0.1, 0.15) is 6.42 Å². The van der Waals surface area contributed by atoms with Gasteiger partial charge in [0.2, 0.25) is 0 Å². The van der Waals surface area contributed by atoms with Gasteiger partial charge in [0, 0.05) is 19.2 Å². The van der Waals surface area contributed by atoms with Gasteiger partial charge in [0.15, 0.2) is 5.82 Å². The Morgan fingerprint density at radius 3 is 3.00 bits per heavy atom. The molecule has 0 saturated carbocycles. The number of nitro groups is 1. The third-order valence-corrected chi connectivity index (χ3v) is 3.40. The van der Waals surface area contributed by atoms with Crippen molar-refractivity contribution in [2.24, 2.45) is 0 Å². The fraction of sp³-hybridized carbons (Fsp3) is 0.455. The van der Waals surface area contributed by atoms with Crippen LogP contribution in [0.4, 0.5) is 15.8 Å². The molecule has 2 atom stereocenters. The Kier molecular flexibility index (Phi) is 2.25. The molecule has 0 aliphatic carbocycles. The van der Waals surface area contributed by atoms with E-state index in [2.05, 4.69) is 0 Å². The summed E-state index contributed by atoms with van der Waals surface area (Å²) in [6.45, 7) is 1.37. The van der Waals surface area contributed by atoms with Gasteiger partial charge in [0.25, 0.3) is 5.69 Å². The van der Waals surface area contributed by atoms with Crippen LogP contribution in [0, 0.1) is 15.9 Å². The average molecular weight is 238 g/mol. The number of rotatable bonds is 2. The highest BCUT2D eigenvalue weighted by molar-refractivity contribution is 5.56. The number of hydrogen-bond acceptors (Lipinski definition) is 4. The van der Waals surface area contributed by atoms with E-state index in [9.17, 15) is 14.5 Å². The fourth-order valence-corrected chi connectivity index (χ4v) is 2.48. The second kappa shape index (κ2) is 3.66. The fourth-order valence-electron chi connectivity index (χ4n) is 2.48. The summed E-state index contributed by atoms with van der Waals surface area (Å²) in [4.78, 5) is 11.8. The topological polar surface area (TPSA) is 55.6 Å². The lowest BCUT2D eigenvalue weighted by Gasteiger charge is -2.44. The van der Waals surface area contributed by atoms with Crippen molar-refractivity contribution in [2.75, 3.05) is 18.1 Å². The van der Waals surface area contributed by atoms with Gasteiger partial charge in [-0.3, -0.25) is 10.1 Å². The van der Waals surface area contributed by atoms with E-state index < -0.39 is 10.7 Å². The van der Waals surface area contributed by atoms with E-state index in [4.69, 9.17) is 4.74 Å². The number of fused-ring (bicyclic) bond motifs is 1. The maximum absolute atomic E-state index is 13.8. The number of halogens is 1. The van der Waals surface area contributed by atoms with Crippen molar-refractivity contribution in [3.63, 3.8) is 0 Å². The van der Waals surface area contributed by atoms with E-state index in [1.165, 1.54) is 12.1 Å². The third kappa shape index (κ3) is 1.56. The van der Waals surface area contributed by atoms with Crippen LogP contribution < -0.4 is 4.90 Å². The first-order valence-electron chi connectivity index (χ1n) is 5.49. The van der Waals surface area contributed by atoms with Gasteiger partial charge in [-0.2, -0.15) is 0 Å². The van der Waals surface area contributed by atoms with E-state index >= 15 is 0 Å². The molecule has 2 heterocycles. The summed E-state index contributed by atoms with van der Waals surface area (Å²) < 4.78 is 19.2. The van der Waals surface area contributed by atoms with Crippen molar-refractivity contribution in [3.8, 4) is 0 Å². The third-order valence-electron chi connectivity index (χ3n) is 3.40. The van der Waals surface area contributed by atoms with Crippen molar-refractivity contribution in [1.29, 1.82) is 0 Å². The zero-order valence-corrected chi connectivity index (χ0v) is 9.01. The van der Waals surface area contributed by atoms with Gasteiger partial charge in [0.05, 0.1) is 28.8 Å². The number of non-ortho nitro benzene ring substituents is 1. The van der Waals surface area contributed by atoms with Crippen LogP contribution in [0.25, 0.3) is 0 Å². The molecule has 1 aromatic rings. The van der Waals surface area contributed by atoms with E-state index in [0.717, 1.165) is 12.5 Å². The van der Waals surface area contributed by atoms with Crippen LogP contribution in [0.2, 0.25) is 0 Å². The van der Waals surface area contributed by atoms with Gasteiger partial charge >= 0.3 is 0 Å². The molecule has 1 aromatic carbocycles. The quantitative estimate of drug-likeness (QED) is 0.581. The van der Waals surface area contributed by atoms with Crippen molar-refractivity contribution >= 4 is 11.4 Å². The molecule has 3 rings (SSSR count). The molecule has 0 N–H and O–H groups in total. The summed E-state index contributed by atoms with van der Waals surface area (Å²) in [6.07, 6.45) is 1.09. The van der Waals surface area contributed by atoms with E-state index in [1.807, 2.05) is 4.90 Å². The van der Waals surface area contributed by atoms with Crippen molar-refractivity contribution in [2.45, 2.75) is 18.6 Å². The summed E-state index contributed by atoms with van der Waals surface area (Å²) in [6, 6.07) is 4.01. The average Bonchev–Trinajstić information content (AvgIpc) is 2.62. The smallest absolute Gasteiger partial charge is 0.272 e. The highest BCUT2D eigenvalue weighted by atomic mass is 19.1.